The molecule has 70 valence electrons. The first-order chi connectivity index (χ1) is 6.11. The average Bonchev–Trinajstić information content (AvgIpc) is 2.47. The molecule has 4 N–H and O–H groups in total. The van der Waals surface area contributed by atoms with Crippen LogP contribution in [0.2, 0.25) is 0 Å². The normalized spacial score (nSPS) is 9.31. The molecule has 0 saturated heterocycles. The Kier molecular flexibility index (Phi) is 2.80. The minimum absolute atomic E-state index is 0.00974. The topological polar surface area (TPSA) is 85.0 Å². The van der Waals surface area contributed by atoms with Gasteiger partial charge in [-0.2, -0.15) is 0 Å². The van der Waals surface area contributed by atoms with E-state index in [1.165, 1.54) is 12.5 Å². The smallest absolute Gasteiger partial charge is 0.287 e. The zero-order valence-corrected chi connectivity index (χ0v) is 7.76. The second-order valence-corrected chi connectivity index (χ2v) is 2.77. The molecular weight excluding hydrogens is 190 g/mol. The van der Waals surface area contributed by atoms with Crippen molar-refractivity contribution in [3.8, 4) is 0 Å². The zero-order valence-electron chi connectivity index (χ0n) is 6.94. The van der Waals surface area contributed by atoms with Crippen LogP contribution in [0.1, 0.15) is 10.5 Å². The Morgan fingerprint density at radius 3 is 2.85 bits per heavy atom. The molecule has 1 aromatic heterocycles. The molecule has 0 unspecified atom stereocenters. The van der Waals surface area contributed by atoms with Gasteiger partial charge in [0.1, 0.15) is 5.69 Å². The van der Waals surface area contributed by atoms with Gasteiger partial charge in [0.05, 0.1) is 12.5 Å². The van der Waals surface area contributed by atoms with E-state index in [4.69, 9.17) is 5.73 Å². The lowest BCUT2D eigenvalue weighted by atomic mass is 10.4. The van der Waals surface area contributed by atoms with E-state index in [1.807, 2.05) is 0 Å². The lowest BCUT2D eigenvalue weighted by Crippen LogP contribution is -2.44. The third kappa shape index (κ3) is 2.41. The van der Waals surface area contributed by atoms with Crippen molar-refractivity contribution in [2.24, 2.45) is 12.8 Å². The summed E-state index contributed by atoms with van der Waals surface area (Å²) in [4.78, 5) is 15.1. The van der Waals surface area contributed by atoms with Crippen LogP contribution in [0.3, 0.4) is 0 Å². The predicted octanol–water partition coefficient (Wildman–Crippen LogP) is -1.10. The summed E-state index contributed by atoms with van der Waals surface area (Å²) in [5, 5.41) is 0.00974. The molecule has 0 radical (unpaired) electrons. The molecule has 0 aromatic carbocycles. The first-order valence-electron chi connectivity index (χ1n) is 3.43. The Balaban J connectivity index is 2.59. The van der Waals surface area contributed by atoms with Crippen LogP contribution in [-0.4, -0.2) is 20.6 Å². The van der Waals surface area contributed by atoms with E-state index in [0.29, 0.717) is 5.69 Å². The Morgan fingerprint density at radius 1 is 1.69 bits per heavy atom. The van der Waals surface area contributed by atoms with Crippen LogP contribution in [0, 0.1) is 0 Å². The van der Waals surface area contributed by atoms with E-state index in [1.54, 1.807) is 11.6 Å². The standard InChI is InChI=1S/C6H9N5OS/c1-11-3-8-2-4(11)5(12)9-10-6(7)13/h2-3H,1H3,(H,9,12)(H3,7,10,13). The molecule has 0 aliphatic heterocycles. The molecular formula is C6H9N5OS. The number of hydrazine groups is 1. The van der Waals surface area contributed by atoms with Crippen molar-refractivity contribution in [3.63, 3.8) is 0 Å². The lowest BCUT2D eigenvalue weighted by molar-refractivity contribution is 0.0936. The Labute approximate surface area is 80.1 Å². The molecule has 0 saturated carbocycles. The summed E-state index contributed by atoms with van der Waals surface area (Å²) >= 11 is 4.51. The molecule has 1 amide bonds. The molecule has 1 heterocycles. The van der Waals surface area contributed by atoms with Crippen molar-refractivity contribution in [1.29, 1.82) is 0 Å². The number of rotatable bonds is 1. The first-order valence-corrected chi connectivity index (χ1v) is 3.84. The van der Waals surface area contributed by atoms with E-state index in [2.05, 4.69) is 28.1 Å². The minimum Gasteiger partial charge on any atom is -0.375 e. The number of aryl methyl sites for hydroxylation is 1. The fourth-order valence-corrected chi connectivity index (χ4v) is 0.809. The summed E-state index contributed by atoms with van der Waals surface area (Å²) < 4.78 is 1.58. The van der Waals surface area contributed by atoms with Crippen LogP contribution in [0.5, 0.6) is 0 Å². The third-order valence-electron chi connectivity index (χ3n) is 1.35. The van der Waals surface area contributed by atoms with E-state index in [0.717, 1.165) is 0 Å². The fraction of sp³-hybridized carbons (Fsp3) is 0.167. The number of hydrogen-bond acceptors (Lipinski definition) is 3. The Bertz CT molecular complexity index is 334. The van der Waals surface area contributed by atoms with Gasteiger partial charge in [-0.25, -0.2) is 4.98 Å². The summed E-state index contributed by atoms with van der Waals surface area (Å²) in [5.41, 5.74) is 10.2. The molecule has 0 fully saturated rings. The number of imidazole rings is 1. The highest BCUT2D eigenvalue weighted by atomic mass is 32.1. The average molecular weight is 199 g/mol. The number of nitrogens with one attached hydrogen (secondary N) is 2. The molecule has 13 heavy (non-hydrogen) atoms. The molecule has 0 aliphatic rings. The summed E-state index contributed by atoms with van der Waals surface area (Å²) in [6.07, 6.45) is 2.96. The zero-order chi connectivity index (χ0) is 9.84. The highest BCUT2D eigenvalue weighted by molar-refractivity contribution is 7.80. The number of nitrogens with zero attached hydrogens (tertiary/aromatic N) is 2. The first kappa shape index (κ1) is 9.46. The predicted molar refractivity (Wildman–Crippen MR) is 50.6 cm³/mol. The fourth-order valence-electron chi connectivity index (χ4n) is 0.758. The van der Waals surface area contributed by atoms with Crippen molar-refractivity contribution in [2.45, 2.75) is 0 Å². The van der Waals surface area contributed by atoms with Crippen LogP contribution in [-0.2, 0) is 7.05 Å². The number of aromatic nitrogens is 2. The van der Waals surface area contributed by atoms with Gasteiger partial charge in [0.2, 0.25) is 0 Å². The highest BCUT2D eigenvalue weighted by Gasteiger charge is 2.08. The van der Waals surface area contributed by atoms with Crippen molar-refractivity contribution >= 4 is 23.2 Å². The van der Waals surface area contributed by atoms with E-state index in [9.17, 15) is 4.79 Å². The van der Waals surface area contributed by atoms with E-state index >= 15 is 0 Å². The van der Waals surface area contributed by atoms with Gasteiger partial charge >= 0.3 is 0 Å². The molecule has 0 bridgehead atoms. The van der Waals surface area contributed by atoms with Crippen molar-refractivity contribution in [3.05, 3.63) is 18.2 Å². The molecule has 1 rings (SSSR count). The van der Waals surface area contributed by atoms with Crippen molar-refractivity contribution in [2.75, 3.05) is 0 Å². The summed E-state index contributed by atoms with van der Waals surface area (Å²) in [7, 11) is 1.71. The van der Waals surface area contributed by atoms with E-state index in [-0.39, 0.29) is 11.0 Å². The number of amides is 1. The largest absolute Gasteiger partial charge is 0.375 e. The van der Waals surface area contributed by atoms with Gasteiger partial charge in [0, 0.05) is 7.05 Å². The molecule has 0 aliphatic carbocycles. The number of carbonyl (C=O) groups excluding carboxylic acids is 1. The van der Waals surface area contributed by atoms with Gasteiger partial charge in [-0.1, -0.05) is 0 Å². The minimum atomic E-state index is -0.340. The number of hydrogen-bond donors (Lipinski definition) is 3. The molecule has 6 nitrogen and oxygen atoms in total. The van der Waals surface area contributed by atoms with Gasteiger partial charge in [-0.3, -0.25) is 15.6 Å². The van der Waals surface area contributed by atoms with Crippen LogP contribution >= 0.6 is 12.2 Å². The lowest BCUT2D eigenvalue weighted by Gasteiger charge is -2.05. The number of thiocarbonyl (C=S) groups is 1. The Morgan fingerprint density at radius 2 is 2.38 bits per heavy atom. The molecule has 0 atom stereocenters. The Hall–Kier alpha value is -1.63. The second kappa shape index (κ2) is 3.85. The maximum atomic E-state index is 11.3. The van der Waals surface area contributed by atoms with Gasteiger partial charge in [-0.05, 0) is 12.2 Å². The summed E-state index contributed by atoms with van der Waals surface area (Å²) in [6, 6.07) is 0. The SMILES string of the molecule is Cn1cncc1C(=O)NNC(N)=S. The van der Waals surface area contributed by atoms with Gasteiger partial charge in [0.15, 0.2) is 5.11 Å². The third-order valence-corrected chi connectivity index (χ3v) is 1.45. The summed E-state index contributed by atoms with van der Waals surface area (Å²) in [6.45, 7) is 0. The molecule has 1 aromatic rings. The number of carbonyl (C=O) groups is 1. The van der Waals surface area contributed by atoms with Gasteiger partial charge in [-0.15, -0.1) is 0 Å². The molecule has 0 spiro atoms. The maximum absolute atomic E-state index is 11.3. The quantitative estimate of drug-likeness (QED) is 0.395. The van der Waals surface area contributed by atoms with Gasteiger partial charge in [0.25, 0.3) is 5.91 Å². The maximum Gasteiger partial charge on any atom is 0.287 e. The highest BCUT2D eigenvalue weighted by Crippen LogP contribution is 1.93. The van der Waals surface area contributed by atoms with Crippen molar-refractivity contribution in [1.82, 2.24) is 20.4 Å². The van der Waals surface area contributed by atoms with Crippen LogP contribution in [0.25, 0.3) is 0 Å². The summed E-state index contributed by atoms with van der Waals surface area (Å²) in [5.74, 6) is -0.340. The molecule has 7 heteroatoms. The van der Waals surface area contributed by atoms with Crippen molar-refractivity contribution < 1.29 is 4.79 Å². The van der Waals surface area contributed by atoms with Crippen LogP contribution in [0.4, 0.5) is 0 Å². The van der Waals surface area contributed by atoms with Crippen LogP contribution in [0.15, 0.2) is 12.5 Å². The van der Waals surface area contributed by atoms with Crippen LogP contribution < -0.4 is 16.6 Å². The second-order valence-electron chi connectivity index (χ2n) is 2.33. The monoisotopic (exact) mass is 199 g/mol. The van der Waals surface area contributed by atoms with E-state index < -0.39 is 0 Å². The number of nitrogens with two attached hydrogens (primary N) is 1. The van der Waals surface area contributed by atoms with Gasteiger partial charge < -0.3 is 10.3 Å².